The van der Waals surface area contributed by atoms with Crippen molar-refractivity contribution in [3.63, 3.8) is 0 Å². The third-order valence-electron chi connectivity index (χ3n) is 1.53. The van der Waals surface area contributed by atoms with Crippen LogP contribution in [-0.2, 0) is 6.18 Å². The summed E-state index contributed by atoms with van der Waals surface area (Å²) in [6, 6.07) is 1.44. The summed E-state index contributed by atoms with van der Waals surface area (Å²) in [6.07, 6.45) is -4.66. The van der Waals surface area contributed by atoms with Crippen LogP contribution in [0.15, 0.2) is 12.1 Å². The first-order chi connectivity index (χ1) is 6.32. The summed E-state index contributed by atoms with van der Waals surface area (Å²) in [5.74, 6) is -1.75. The van der Waals surface area contributed by atoms with Crippen LogP contribution in [0.3, 0.4) is 0 Å². The second kappa shape index (κ2) is 4.96. The molecular weight excluding hydrogens is 222 g/mol. The van der Waals surface area contributed by atoms with Gasteiger partial charge in [0.25, 0.3) is 0 Å². The van der Waals surface area contributed by atoms with Gasteiger partial charge in [-0.05, 0) is 24.9 Å². The van der Waals surface area contributed by atoms with Crippen molar-refractivity contribution in [3.05, 3.63) is 23.4 Å². The monoisotopic (exact) mass is 227 g/mol. The number of carbonyl (C=O) groups is 1. The fourth-order valence-electron chi connectivity index (χ4n) is 0.866. The van der Waals surface area contributed by atoms with Crippen LogP contribution in [0.1, 0.15) is 23.0 Å². The van der Waals surface area contributed by atoms with E-state index in [-0.39, 0.29) is 35.1 Å². The summed E-state index contributed by atoms with van der Waals surface area (Å²) in [6.45, 7) is 1.09. The Hall–Kier alpha value is -0.590. The maximum atomic E-state index is 12.0. The van der Waals surface area contributed by atoms with Gasteiger partial charge in [-0.25, -0.2) is 0 Å². The molecule has 0 bridgehead atoms. The number of rotatable bonds is 1. The molecule has 1 aromatic rings. The van der Waals surface area contributed by atoms with Crippen molar-refractivity contribution in [2.24, 2.45) is 0 Å². The molecule has 76 valence electrons. The van der Waals surface area contributed by atoms with Crippen LogP contribution in [-0.4, -0.2) is 10.8 Å². The average molecular weight is 227 g/mol. The molecule has 3 nitrogen and oxygen atoms in total. The first-order valence-corrected chi connectivity index (χ1v) is 3.58. The van der Waals surface area contributed by atoms with Crippen molar-refractivity contribution in [1.82, 2.24) is 4.98 Å². The standard InChI is InChI=1S/C8H6F3NO2.Na/c1-4(13)5-2-3-6(8(9,10)11)12-7(5)14;/h2-3H,1H3,(H,12,14);/q;+1/p-1. The van der Waals surface area contributed by atoms with E-state index in [2.05, 4.69) is 4.98 Å². The van der Waals surface area contributed by atoms with Crippen LogP contribution >= 0.6 is 0 Å². The third kappa shape index (κ3) is 3.48. The summed E-state index contributed by atoms with van der Waals surface area (Å²) in [5, 5.41) is 10.9. The molecule has 7 heteroatoms. The van der Waals surface area contributed by atoms with Crippen LogP contribution in [0.25, 0.3) is 0 Å². The first kappa shape index (κ1) is 14.4. The van der Waals surface area contributed by atoms with Gasteiger partial charge in [-0.15, -0.1) is 0 Å². The molecule has 0 atom stereocenters. The van der Waals surface area contributed by atoms with Gasteiger partial charge in [0.1, 0.15) is 5.69 Å². The average Bonchev–Trinajstić information content (AvgIpc) is 2.01. The van der Waals surface area contributed by atoms with E-state index in [9.17, 15) is 23.1 Å². The van der Waals surface area contributed by atoms with Gasteiger partial charge in [-0.2, -0.15) is 13.2 Å². The first-order valence-electron chi connectivity index (χ1n) is 3.58. The molecule has 0 aliphatic rings. The maximum absolute atomic E-state index is 12.0. The minimum Gasteiger partial charge on any atom is -0.858 e. The number of hydrogen-bond donors (Lipinski definition) is 0. The van der Waals surface area contributed by atoms with Crippen LogP contribution in [0.2, 0.25) is 0 Å². The van der Waals surface area contributed by atoms with E-state index in [1.807, 2.05) is 0 Å². The van der Waals surface area contributed by atoms with Crippen molar-refractivity contribution in [2.45, 2.75) is 13.1 Å². The molecule has 0 aliphatic heterocycles. The fraction of sp³-hybridized carbons (Fsp3) is 0.250. The van der Waals surface area contributed by atoms with Crippen molar-refractivity contribution >= 4 is 5.78 Å². The number of Topliss-reactive ketones (excluding diaryl/α,β-unsaturated/α-hetero) is 1. The van der Waals surface area contributed by atoms with Gasteiger partial charge < -0.3 is 5.11 Å². The molecule has 0 aromatic carbocycles. The molecule has 0 amide bonds. The number of hydrogen-bond acceptors (Lipinski definition) is 3. The van der Waals surface area contributed by atoms with E-state index >= 15 is 0 Å². The SMILES string of the molecule is CC(=O)c1ccc(C(F)(F)F)nc1[O-].[Na+]. The predicted octanol–water partition coefficient (Wildman–Crippen LogP) is -1.62. The summed E-state index contributed by atoms with van der Waals surface area (Å²) in [7, 11) is 0. The van der Waals surface area contributed by atoms with E-state index < -0.39 is 23.5 Å². The topological polar surface area (TPSA) is 53.0 Å². The number of ketones is 1. The van der Waals surface area contributed by atoms with Crippen molar-refractivity contribution in [3.8, 4) is 5.88 Å². The summed E-state index contributed by atoms with van der Waals surface area (Å²) in [4.78, 5) is 13.5. The van der Waals surface area contributed by atoms with Crippen LogP contribution in [0.4, 0.5) is 13.2 Å². The molecule has 0 radical (unpaired) electrons. The molecule has 0 fully saturated rings. The summed E-state index contributed by atoms with van der Waals surface area (Å²) in [5.41, 5.74) is -1.62. The smallest absolute Gasteiger partial charge is 0.858 e. The van der Waals surface area contributed by atoms with E-state index in [4.69, 9.17) is 0 Å². The molecule has 0 saturated heterocycles. The zero-order valence-corrected chi connectivity index (χ0v) is 10.1. The van der Waals surface area contributed by atoms with Gasteiger partial charge in [0.15, 0.2) is 5.78 Å². The predicted molar refractivity (Wildman–Crippen MR) is 38.7 cm³/mol. The van der Waals surface area contributed by atoms with Gasteiger partial charge in [0, 0.05) is 5.56 Å². The van der Waals surface area contributed by atoms with E-state index in [0.717, 1.165) is 13.0 Å². The Labute approximate surface area is 106 Å². The second-order valence-corrected chi connectivity index (χ2v) is 2.60. The molecule has 0 aliphatic carbocycles. The summed E-state index contributed by atoms with van der Waals surface area (Å²) < 4.78 is 36.0. The molecule has 0 spiro atoms. The minimum absolute atomic E-state index is 0. The number of carbonyl (C=O) groups excluding carboxylic acids is 1. The molecular formula is C8H5F3NNaO2. The van der Waals surface area contributed by atoms with Gasteiger partial charge in [0.2, 0.25) is 0 Å². The molecule has 15 heavy (non-hydrogen) atoms. The normalized spacial score (nSPS) is 10.7. The fourth-order valence-corrected chi connectivity index (χ4v) is 0.866. The molecule has 1 heterocycles. The third-order valence-corrected chi connectivity index (χ3v) is 1.53. The largest absolute Gasteiger partial charge is 1.00 e. The quantitative estimate of drug-likeness (QED) is 0.428. The number of pyridine rings is 1. The van der Waals surface area contributed by atoms with Crippen molar-refractivity contribution in [2.75, 3.05) is 0 Å². The Bertz CT molecular complexity index is 379. The Morgan fingerprint density at radius 2 is 1.93 bits per heavy atom. The number of alkyl halides is 3. The Kier molecular flexibility index (Phi) is 4.76. The molecule has 0 unspecified atom stereocenters. The number of nitrogens with zero attached hydrogens (tertiary/aromatic N) is 1. The second-order valence-electron chi connectivity index (χ2n) is 2.60. The van der Waals surface area contributed by atoms with Crippen molar-refractivity contribution < 1.29 is 52.6 Å². The molecule has 1 aromatic heterocycles. The van der Waals surface area contributed by atoms with Crippen LogP contribution in [0.5, 0.6) is 5.88 Å². The molecule has 1 rings (SSSR count). The van der Waals surface area contributed by atoms with Crippen LogP contribution < -0.4 is 34.7 Å². The van der Waals surface area contributed by atoms with Crippen molar-refractivity contribution in [1.29, 1.82) is 0 Å². The van der Waals surface area contributed by atoms with Gasteiger partial charge in [-0.1, -0.05) is 0 Å². The zero-order valence-electron chi connectivity index (χ0n) is 8.05. The number of aromatic nitrogens is 1. The maximum Gasteiger partial charge on any atom is 1.00 e. The van der Waals surface area contributed by atoms with Gasteiger partial charge >= 0.3 is 35.7 Å². The van der Waals surface area contributed by atoms with Crippen LogP contribution in [0, 0.1) is 0 Å². The van der Waals surface area contributed by atoms with Gasteiger partial charge in [0.05, 0.1) is 0 Å². The Morgan fingerprint density at radius 1 is 1.40 bits per heavy atom. The van der Waals surface area contributed by atoms with E-state index in [1.165, 1.54) is 0 Å². The Morgan fingerprint density at radius 3 is 2.27 bits per heavy atom. The number of halogens is 3. The van der Waals surface area contributed by atoms with E-state index in [0.29, 0.717) is 6.07 Å². The molecule has 0 N–H and O–H groups in total. The zero-order chi connectivity index (χ0) is 10.9. The minimum atomic E-state index is -4.66. The summed E-state index contributed by atoms with van der Waals surface area (Å²) >= 11 is 0. The van der Waals surface area contributed by atoms with Gasteiger partial charge in [-0.3, -0.25) is 9.78 Å². The molecule has 0 saturated carbocycles. The van der Waals surface area contributed by atoms with E-state index in [1.54, 1.807) is 0 Å². The Balaban J connectivity index is 0.00000196.